The topological polar surface area (TPSA) is 81.2 Å². The number of hydrogen-bond acceptors (Lipinski definition) is 4. The van der Waals surface area contributed by atoms with Crippen LogP contribution in [-0.4, -0.2) is 17.4 Å². The van der Waals surface area contributed by atoms with E-state index in [-0.39, 0.29) is 17.2 Å². The highest BCUT2D eigenvalue weighted by Gasteiger charge is 2.32. The average Bonchev–Trinajstić information content (AvgIpc) is 3.12. The number of aromatic nitrogens is 1. The van der Waals surface area contributed by atoms with Crippen molar-refractivity contribution < 1.29 is 9.21 Å². The summed E-state index contributed by atoms with van der Waals surface area (Å²) in [6.07, 6.45) is 3.05. The van der Waals surface area contributed by atoms with Crippen LogP contribution in [0.3, 0.4) is 0 Å². The molecule has 124 valence electrons. The van der Waals surface area contributed by atoms with E-state index in [1.807, 2.05) is 18.2 Å². The molecule has 3 N–H and O–H groups in total. The number of oxazole rings is 1. The molecule has 0 spiro atoms. The zero-order valence-corrected chi connectivity index (χ0v) is 14.1. The Kier molecular flexibility index (Phi) is 4.15. The van der Waals surface area contributed by atoms with Crippen LogP contribution in [-0.2, 0) is 10.2 Å². The van der Waals surface area contributed by atoms with E-state index in [0.29, 0.717) is 18.4 Å². The summed E-state index contributed by atoms with van der Waals surface area (Å²) < 4.78 is 5.79. The smallest absolute Gasteiger partial charge is 0.227 e. The fourth-order valence-electron chi connectivity index (χ4n) is 3.23. The van der Waals surface area contributed by atoms with Gasteiger partial charge < -0.3 is 15.5 Å². The number of anilines is 1. The Hall–Kier alpha value is -1.88. The van der Waals surface area contributed by atoms with Crippen molar-refractivity contribution in [1.82, 2.24) is 4.98 Å². The fraction of sp³-hybridized carbons (Fsp3) is 0.556. The molecule has 5 nitrogen and oxygen atoms in total. The second kappa shape index (κ2) is 5.96. The quantitative estimate of drug-likeness (QED) is 0.909. The maximum atomic E-state index is 12.5. The molecule has 3 rings (SSSR count). The number of nitrogens with two attached hydrogens (primary N) is 1. The molecule has 0 saturated heterocycles. The van der Waals surface area contributed by atoms with Gasteiger partial charge in [-0.3, -0.25) is 4.79 Å². The molecule has 1 fully saturated rings. The minimum Gasteiger partial charge on any atom is -0.440 e. The van der Waals surface area contributed by atoms with Gasteiger partial charge in [-0.05, 0) is 43.5 Å². The second-order valence-electron chi connectivity index (χ2n) is 7.47. The maximum absolute atomic E-state index is 12.5. The number of fused-ring (bicyclic) bond motifs is 1. The van der Waals surface area contributed by atoms with E-state index in [0.717, 1.165) is 36.0 Å². The van der Waals surface area contributed by atoms with Crippen molar-refractivity contribution in [2.45, 2.75) is 45.4 Å². The zero-order valence-electron chi connectivity index (χ0n) is 14.1. The number of carbonyl (C=O) groups is 1. The third-order valence-electron chi connectivity index (χ3n) is 4.60. The van der Waals surface area contributed by atoms with Crippen molar-refractivity contribution in [3.8, 4) is 0 Å². The molecule has 1 saturated carbocycles. The molecule has 23 heavy (non-hydrogen) atoms. The average molecular weight is 315 g/mol. The number of hydrogen-bond donors (Lipinski definition) is 2. The van der Waals surface area contributed by atoms with Gasteiger partial charge in [-0.25, -0.2) is 4.98 Å². The lowest BCUT2D eigenvalue weighted by Gasteiger charge is -2.17. The molecular weight excluding hydrogens is 290 g/mol. The van der Waals surface area contributed by atoms with E-state index in [4.69, 9.17) is 10.2 Å². The SMILES string of the molecule is CC(C)(C)c1nc2cc(NC(=O)[C@@H]3CCC[C@@H]3CN)ccc2o1. The Bertz CT molecular complexity index is 715. The lowest BCUT2D eigenvalue weighted by atomic mass is 9.95. The molecule has 1 heterocycles. The van der Waals surface area contributed by atoms with Crippen molar-refractivity contribution in [3.05, 3.63) is 24.1 Å². The molecule has 1 amide bonds. The van der Waals surface area contributed by atoms with Crippen molar-refractivity contribution >= 4 is 22.7 Å². The van der Waals surface area contributed by atoms with E-state index in [1.165, 1.54) is 0 Å². The Balaban J connectivity index is 1.79. The van der Waals surface area contributed by atoms with Crippen molar-refractivity contribution in [2.75, 3.05) is 11.9 Å². The third-order valence-corrected chi connectivity index (χ3v) is 4.60. The van der Waals surface area contributed by atoms with E-state index in [2.05, 4.69) is 31.1 Å². The van der Waals surface area contributed by atoms with Crippen molar-refractivity contribution in [1.29, 1.82) is 0 Å². The molecule has 0 aliphatic heterocycles. The van der Waals surface area contributed by atoms with Crippen LogP contribution >= 0.6 is 0 Å². The van der Waals surface area contributed by atoms with Gasteiger partial charge in [-0.1, -0.05) is 27.2 Å². The van der Waals surface area contributed by atoms with Gasteiger partial charge in [0.2, 0.25) is 11.8 Å². The number of benzene rings is 1. The highest BCUT2D eigenvalue weighted by molar-refractivity contribution is 5.94. The van der Waals surface area contributed by atoms with Gasteiger partial charge in [-0.2, -0.15) is 0 Å². The van der Waals surface area contributed by atoms with Crippen molar-refractivity contribution in [3.63, 3.8) is 0 Å². The summed E-state index contributed by atoms with van der Waals surface area (Å²) in [5, 5.41) is 3.01. The van der Waals surface area contributed by atoms with E-state index in [1.54, 1.807) is 0 Å². The van der Waals surface area contributed by atoms with E-state index >= 15 is 0 Å². The maximum Gasteiger partial charge on any atom is 0.227 e. The predicted molar refractivity (Wildman–Crippen MR) is 91.2 cm³/mol. The molecule has 2 atom stereocenters. The van der Waals surface area contributed by atoms with Crippen LogP contribution in [0.5, 0.6) is 0 Å². The van der Waals surface area contributed by atoms with E-state index in [9.17, 15) is 4.79 Å². The lowest BCUT2D eigenvalue weighted by Crippen LogP contribution is -2.29. The normalized spacial score (nSPS) is 21.7. The first-order valence-corrected chi connectivity index (χ1v) is 8.30. The van der Waals surface area contributed by atoms with Gasteiger partial charge in [0.1, 0.15) is 5.52 Å². The second-order valence-corrected chi connectivity index (χ2v) is 7.47. The molecule has 2 aromatic rings. The van der Waals surface area contributed by atoms with Crippen molar-refractivity contribution in [2.24, 2.45) is 17.6 Å². The van der Waals surface area contributed by atoms with Crippen LogP contribution in [0, 0.1) is 11.8 Å². The van der Waals surface area contributed by atoms with Crippen LogP contribution in [0.2, 0.25) is 0 Å². The molecule has 1 aromatic heterocycles. The monoisotopic (exact) mass is 315 g/mol. The fourth-order valence-corrected chi connectivity index (χ4v) is 3.23. The van der Waals surface area contributed by atoms with Gasteiger partial charge >= 0.3 is 0 Å². The predicted octanol–water partition coefficient (Wildman–Crippen LogP) is 3.44. The summed E-state index contributed by atoms with van der Waals surface area (Å²) in [4.78, 5) is 17.0. The van der Waals surface area contributed by atoms with Gasteiger partial charge in [0.25, 0.3) is 0 Å². The third kappa shape index (κ3) is 3.24. The Morgan fingerprint density at radius 3 is 2.87 bits per heavy atom. The lowest BCUT2D eigenvalue weighted by molar-refractivity contribution is -0.120. The minimum absolute atomic E-state index is 0.0261. The number of rotatable bonds is 3. The summed E-state index contributed by atoms with van der Waals surface area (Å²) in [6, 6.07) is 5.60. The highest BCUT2D eigenvalue weighted by atomic mass is 16.3. The Labute approximate surface area is 136 Å². The van der Waals surface area contributed by atoms with Crippen LogP contribution in [0.4, 0.5) is 5.69 Å². The summed E-state index contributed by atoms with van der Waals surface area (Å²) in [6.45, 7) is 6.77. The number of nitrogens with zero attached hydrogens (tertiary/aromatic N) is 1. The van der Waals surface area contributed by atoms with Gasteiger partial charge in [0.15, 0.2) is 5.58 Å². The van der Waals surface area contributed by atoms with Gasteiger partial charge in [0.05, 0.1) is 0 Å². The molecule has 0 unspecified atom stereocenters. The minimum atomic E-state index is -0.138. The van der Waals surface area contributed by atoms with Crippen LogP contribution in [0.15, 0.2) is 22.6 Å². The standard InChI is InChI=1S/C18H25N3O2/c1-18(2,3)17-21-14-9-12(7-8-15(14)23-17)20-16(22)13-6-4-5-11(13)10-19/h7-9,11,13H,4-6,10,19H2,1-3H3,(H,20,22)/t11-,13-/m1/s1. The Morgan fingerprint density at radius 2 is 2.17 bits per heavy atom. The van der Waals surface area contributed by atoms with Gasteiger partial charge in [0, 0.05) is 17.0 Å². The molecular formula is C18H25N3O2. The van der Waals surface area contributed by atoms with Crippen LogP contribution in [0.25, 0.3) is 11.1 Å². The zero-order chi connectivity index (χ0) is 16.6. The summed E-state index contributed by atoms with van der Waals surface area (Å²) >= 11 is 0. The molecule has 0 radical (unpaired) electrons. The first-order chi connectivity index (χ1) is 10.9. The molecule has 5 heteroatoms. The first-order valence-electron chi connectivity index (χ1n) is 8.30. The summed E-state index contributed by atoms with van der Waals surface area (Å²) in [5.41, 5.74) is 7.91. The number of amides is 1. The van der Waals surface area contributed by atoms with E-state index < -0.39 is 0 Å². The highest BCUT2D eigenvalue weighted by Crippen LogP contribution is 2.32. The Morgan fingerprint density at radius 1 is 1.39 bits per heavy atom. The molecule has 0 bridgehead atoms. The summed E-state index contributed by atoms with van der Waals surface area (Å²) in [7, 11) is 0. The van der Waals surface area contributed by atoms with Crippen LogP contribution < -0.4 is 11.1 Å². The summed E-state index contributed by atoms with van der Waals surface area (Å²) in [5.74, 6) is 1.10. The molecule has 1 aliphatic rings. The van der Waals surface area contributed by atoms with Crippen LogP contribution in [0.1, 0.15) is 45.9 Å². The first kappa shape index (κ1) is 16.0. The number of nitrogens with one attached hydrogen (secondary N) is 1. The molecule has 1 aromatic carbocycles. The van der Waals surface area contributed by atoms with Gasteiger partial charge in [-0.15, -0.1) is 0 Å². The number of carbonyl (C=O) groups excluding carboxylic acids is 1. The largest absolute Gasteiger partial charge is 0.440 e. The molecule has 1 aliphatic carbocycles.